The van der Waals surface area contributed by atoms with Crippen LogP contribution in [0.15, 0.2) is 41.6 Å². The highest BCUT2D eigenvalue weighted by atomic mass is 32.2. The second-order valence-corrected chi connectivity index (χ2v) is 4.99. The van der Waals surface area contributed by atoms with Crippen LogP contribution in [-0.4, -0.2) is 28.6 Å². The number of nitrogens with zero attached hydrogens (tertiary/aromatic N) is 2. The third-order valence-corrected chi connectivity index (χ3v) is 3.48. The van der Waals surface area contributed by atoms with Crippen LogP contribution in [0.5, 0.6) is 5.88 Å². The topological polar surface area (TPSA) is 52.1 Å². The lowest BCUT2D eigenvalue weighted by Crippen LogP contribution is -2.08. The quantitative estimate of drug-likeness (QED) is 0.620. The van der Waals surface area contributed by atoms with E-state index in [4.69, 9.17) is 4.74 Å². The maximum absolute atomic E-state index is 12.1. The molecular weight excluding hydrogens is 260 g/mol. The van der Waals surface area contributed by atoms with Crippen LogP contribution in [0.1, 0.15) is 16.1 Å². The summed E-state index contributed by atoms with van der Waals surface area (Å²) in [6.45, 7) is 2.03. The van der Waals surface area contributed by atoms with Gasteiger partial charge in [-0.05, 0) is 19.1 Å². The molecule has 0 spiro atoms. The Morgan fingerprint density at radius 3 is 2.84 bits per heavy atom. The van der Waals surface area contributed by atoms with Crippen LogP contribution in [0.3, 0.4) is 0 Å². The van der Waals surface area contributed by atoms with E-state index in [9.17, 15) is 4.79 Å². The molecule has 4 nitrogen and oxygen atoms in total. The Labute approximate surface area is 116 Å². The fraction of sp³-hybridized carbons (Fsp3) is 0.214. The minimum Gasteiger partial charge on any atom is -0.479 e. The second-order valence-electron chi connectivity index (χ2n) is 3.94. The van der Waals surface area contributed by atoms with Gasteiger partial charge in [0.25, 0.3) is 0 Å². The number of aryl methyl sites for hydroxylation is 1. The van der Waals surface area contributed by atoms with Crippen molar-refractivity contribution in [2.24, 2.45) is 0 Å². The molecule has 0 N–H and O–H groups in total. The van der Waals surface area contributed by atoms with E-state index >= 15 is 0 Å². The van der Waals surface area contributed by atoms with E-state index in [2.05, 4.69) is 9.97 Å². The molecule has 0 fully saturated rings. The number of rotatable bonds is 5. The van der Waals surface area contributed by atoms with Gasteiger partial charge in [-0.15, -0.1) is 11.8 Å². The Kier molecular flexibility index (Phi) is 4.52. The lowest BCUT2D eigenvalue weighted by atomic mass is 10.2. The molecule has 1 aromatic carbocycles. The molecule has 0 unspecified atom stereocenters. The van der Waals surface area contributed by atoms with Gasteiger partial charge in [0, 0.05) is 17.3 Å². The molecule has 2 aromatic rings. The van der Waals surface area contributed by atoms with Crippen molar-refractivity contribution < 1.29 is 9.53 Å². The highest BCUT2D eigenvalue weighted by Crippen LogP contribution is 2.21. The fourth-order valence-corrected chi connectivity index (χ4v) is 2.47. The Balaban J connectivity index is 2.05. The molecular formula is C14H14N2O2S. The molecule has 2 rings (SSSR count). The summed E-state index contributed by atoms with van der Waals surface area (Å²) in [5.74, 6) is 0.507. The monoisotopic (exact) mass is 274 g/mol. The minimum absolute atomic E-state index is 0.0866. The van der Waals surface area contributed by atoms with Crippen molar-refractivity contribution in [3.05, 3.63) is 47.9 Å². The number of ketones is 1. The van der Waals surface area contributed by atoms with E-state index in [1.54, 1.807) is 0 Å². The molecule has 0 radical (unpaired) electrons. The lowest BCUT2D eigenvalue weighted by molar-refractivity contribution is 0.101. The third-order valence-electron chi connectivity index (χ3n) is 2.48. The van der Waals surface area contributed by atoms with Gasteiger partial charge in [-0.1, -0.05) is 17.7 Å². The van der Waals surface area contributed by atoms with Crippen LogP contribution in [-0.2, 0) is 0 Å². The smallest absolute Gasteiger partial charge is 0.243 e. The fourth-order valence-electron chi connectivity index (χ4n) is 1.59. The number of hydrogen-bond donors (Lipinski definition) is 0. The summed E-state index contributed by atoms with van der Waals surface area (Å²) in [7, 11) is 1.48. The Morgan fingerprint density at radius 2 is 2.11 bits per heavy atom. The van der Waals surface area contributed by atoms with Gasteiger partial charge in [-0.3, -0.25) is 4.79 Å². The molecule has 0 bridgehead atoms. The van der Waals surface area contributed by atoms with Crippen molar-refractivity contribution in [3.8, 4) is 5.88 Å². The second kappa shape index (κ2) is 6.33. The van der Waals surface area contributed by atoms with E-state index in [1.165, 1.54) is 36.8 Å². The van der Waals surface area contributed by atoms with Gasteiger partial charge in [0.2, 0.25) is 5.88 Å². The van der Waals surface area contributed by atoms with Crippen molar-refractivity contribution in [2.45, 2.75) is 11.8 Å². The number of hydrogen-bond acceptors (Lipinski definition) is 5. The molecule has 0 saturated heterocycles. The Morgan fingerprint density at radius 1 is 1.32 bits per heavy atom. The molecule has 5 heteroatoms. The summed E-state index contributed by atoms with van der Waals surface area (Å²) in [5.41, 5.74) is 1.46. The predicted octanol–water partition coefficient (Wildman–Crippen LogP) is 2.77. The molecule has 0 atom stereocenters. The largest absolute Gasteiger partial charge is 0.479 e. The van der Waals surface area contributed by atoms with Crippen LogP contribution in [0.2, 0.25) is 0 Å². The third kappa shape index (κ3) is 3.54. The van der Waals surface area contributed by atoms with Gasteiger partial charge in [0.15, 0.2) is 11.5 Å². The van der Waals surface area contributed by atoms with Gasteiger partial charge in [-0.25, -0.2) is 9.97 Å². The lowest BCUT2D eigenvalue weighted by Gasteiger charge is -2.05. The highest BCUT2D eigenvalue weighted by Gasteiger charge is 2.14. The van der Waals surface area contributed by atoms with E-state index in [-0.39, 0.29) is 17.4 Å². The number of benzene rings is 1. The van der Waals surface area contributed by atoms with Gasteiger partial charge < -0.3 is 4.74 Å². The van der Waals surface area contributed by atoms with Gasteiger partial charge >= 0.3 is 0 Å². The molecule has 0 saturated carbocycles. The van der Waals surface area contributed by atoms with Crippen molar-refractivity contribution >= 4 is 17.5 Å². The average Bonchev–Trinajstić information content (AvgIpc) is 2.45. The Hall–Kier alpha value is -1.88. The number of Topliss-reactive ketones (excluding diaryl/α,β-unsaturated/α-hetero) is 1. The molecule has 98 valence electrons. The number of ether oxygens (including phenoxy) is 1. The molecule has 19 heavy (non-hydrogen) atoms. The highest BCUT2D eigenvalue weighted by molar-refractivity contribution is 8.00. The number of methoxy groups -OCH3 is 1. The Bertz CT molecular complexity index is 587. The maximum atomic E-state index is 12.1. The first-order valence-corrected chi connectivity index (χ1v) is 6.77. The first kappa shape index (κ1) is 13.5. The summed E-state index contributed by atoms with van der Waals surface area (Å²) < 4.78 is 5.03. The van der Waals surface area contributed by atoms with Gasteiger partial charge in [-0.2, -0.15) is 0 Å². The van der Waals surface area contributed by atoms with Crippen LogP contribution >= 0.6 is 11.8 Å². The van der Waals surface area contributed by atoms with E-state index < -0.39 is 0 Å². The number of thioether (sulfide) groups is 1. The van der Waals surface area contributed by atoms with Crippen LogP contribution < -0.4 is 4.74 Å². The minimum atomic E-state index is -0.0866. The summed E-state index contributed by atoms with van der Waals surface area (Å²) >= 11 is 1.48. The molecule has 0 aliphatic heterocycles. The average molecular weight is 274 g/mol. The molecule has 1 aromatic heterocycles. The van der Waals surface area contributed by atoms with E-state index in [0.717, 1.165) is 4.90 Å². The number of carbonyl (C=O) groups is 1. The first-order valence-electron chi connectivity index (χ1n) is 5.78. The van der Waals surface area contributed by atoms with Gasteiger partial charge in [0.05, 0.1) is 12.9 Å². The first-order chi connectivity index (χ1) is 9.20. The summed E-state index contributed by atoms with van der Waals surface area (Å²) in [5, 5.41) is 0. The van der Waals surface area contributed by atoms with Crippen molar-refractivity contribution in [1.29, 1.82) is 0 Å². The summed E-state index contributed by atoms with van der Waals surface area (Å²) in [6.07, 6.45) is 3.00. The summed E-state index contributed by atoms with van der Waals surface area (Å²) in [6, 6.07) is 8.04. The van der Waals surface area contributed by atoms with Crippen LogP contribution in [0.4, 0.5) is 0 Å². The van der Waals surface area contributed by atoms with Crippen LogP contribution in [0.25, 0.3) is 0 Å². The molecule has 0 aliphatic carbocycles. The van der Waals surface area contributed by atoms with Crippen molar-refractivity contribution in [3.63, 3.8) is 0 Å². The normalized spacial score (nSPS) is 10.2. The summed E-state index contributed by atoms with van der Waals surface area (Å²) in [4.78, 5) is 21.1. The van der Waals surface area contributed by atoms with Crippen LogP contribution in [0, 0.1) is 6.92 Å². The van der Waals surface area contributed by atoms with Gasteiger partial charge in [0.1, 0.15) is 0 Å². The zero-order chi connectivity index (χ0) is 13.7. The molecule has 0 aliphatic rings. The predicted molar refractivity (Wildman–Crippen MR) is 74.8 cm³/mol. The number of aromatic nitrogens is 2. The van der Waals surface area contributed by atoms with E-state index in [1.807, 2.05) is 31.2 Å². The van der Waals surface area contributed by atoms with Crippen molar-refractivity contribution in [1.82, 2.24) is 9.97 Å². The van der Waals surface area contributed by atoms with E-state index in [0.29, 0.717) is 5.75 Å². The van der Waals surface area contributed by atoms with Crippen molar-refractivity contribution in [2.75, 3.05) is 12.9 Å². The SMILES string of the molecule is COc1nccnc1C(=O)CSc1cccc(C)c1. The molecule has 1 heterocycles. The maximum Gasteiger partial charge on any atom is 0.243 e. The zero-order valence-corrected chi connectivity index (χ0v) is 11.6. The number of carbonyl (C=O) groups excluding carboxylic acids is 1. The zero-order valence-electron chi connectivity index (χ0n) is 10.8. The standard InChI is InChI=1S/C14H14N2O2S/c1-10-4-3-5-11(8-10)19-9-12(17)13-14(18-2)16-7-6-15-13/h3-8H,9H2,1-2H3. The molecule has 0 amide bonds.